The zero-order chi connectivity index (χ0) is 25.8. The van der Waals surface area contributed by atoms with Gasteiger partial charge in [0, 0.05) is 49.7 Å². The van der Waals surface area contributed by atoms with Crippen molar-refractivity contribution in [1.29, 1.82) is 5.26 Å². The van der Waals surface area contributed by atoms with Crippen LogP contribution in [0.1, 0.15) is 12.0 Å². The van der Waals surface area contributed by atoms with Gasteiger partial charge in [-0.05, 0) is 24.6 Å². The van der Waals surface area contributed by atoms with E-state index in [1.165, 1.54) is 22.9 Å². The van der Waals surface area contributed by atoms with E-state index in [2.05, 4.69) is 15.3 Å². The van der Waals surface area contributed by atoms with E-state index in [9.17, 15) is 8.78 Å². The Hall–Kier alpha value is -4.50. The predicted octanol–water partition coefficient (Wildman–Crippen LogP) is 3.37. The van der Waals surface area contributed by atoms with Gasteiger partial charge in [-0.15, -0.1) is 5.10 Å². The molecule has 2 aromatic carbocycles. The number of nitrogens with zero attached hydrogens (tertiary/aromatic N) is 8. The maximum Gasteiger partial charge on any atom is 0.181 e. The molecule has 1 aliphatic heterocycles. The van der Waals surface area contributed by atoms with Gasteiger partial charge in [0.25, 0.3) is 0 Å². The van der Waals surface area contributed by atoms with E-state index in [1.54, 1.807) is 42.0 Å². The minimum Gasteiger partial charge on any atom is -0.352 e. The summed E-state index contributed by atoms with van der Waals surface area (Å²) in [5.74, 6) is -0.816. The number of fused-ring (bicyclic) bond motifs is 2. The number of benzene rings is 2. The molecular weight excluding hydrogens is 483 g/mol. The van der Waals surface area contributed by atoms with Crippen molar-refractivity contribution < 1.29 is 13.2 Å². The Labute approximate surface area is 208 Å². The van der Waals surface area contributed by atoms with Crippen molar-refractivity contribution in [2.45, 2.75) is 18.6 Å². The smallest absolute Gasteiger partial charge is 0.181 e. The normalized spacial score (nSPS) is 18.0. The van der Waals surface area contributed by atoms with Crippen LogP contribution in [0.2, 0.25) is 0 Å². The van der Waals surface area contributed by atoms with E-state index >= 15 is 4.39 Å². The van der Waals surface area contributed by atoms with Crippen molar-refractivity contribution in [2.75, 3.05) is 18.0 Å². The van der Waals surface area contributed by atoms with Crippen LogP contribution in [0.5, 0.6) is 0 Å². The first-order valence-corrected chi connectivity index (χ1v) is 11.6. The molecular formula is C25H20F3N9. The number of hydrogen-bond donors (Lipinski definition) is 1. The Kier molecular flexibility index (Phi) is 5.31. The Bertz CT molecular complexity index is 1720. The number of halogens is 3. The lowest BCUT2D eigenvalue weighted by Crippen LogP contribution is -2.50. The molecule has 0 saturated carbocycles. The van der Waals surface area contributed by atoms with Gasteiger partial charge in [0.05, 0.1) is 28.5 Å². The van der Waals surface area contributed by atoms with E-state index in [0.717, 1.165) is 0 Å². The van der Waals surface area contributed by atoms with E-state index in [1.807, 2.05) is 4.90 Å². The number of piperidine rings is 1. The summed E-state index contributed by atoms with van der Waals surface area (Å²) >= 11 is 0. The van der Waals surface area contributed by atoms with Crippen molar-refractivity contribution in [3.05, 3.63) is 59.9 Å². The van der Waals surface area contributed by atoms with Crippen molar-refractivity contribution >= 4 is 22.5 Å². The number of anilines is 1. The first-order valence-electron chi connectivity index (χ1n) is 11.6. The number of nitrogens with two attached hydrogens (primary N) is 1. The molecule has 0 radical (unpaired) electrons. The van der Waals surface area contributed by atoms with Crippen molar-refractivity contribution in [2.24, 2.45) is 12.8 Å². The zero-order valence-electron chi connectivity index (χ0n) is 19.6. The standard InChI is InChI=1S/C25H20F3N9/c1-35-21-10-18(28)15(9-20(21)33-34-35)23-22(13-2-3-14(11-29)17(27)8-13)32-25-24(31-5-7-37(23)25)36-6-4-16(26)19(30)12-36/h2-3,5,7-10,16,19H,4,6,12,30H2,1H3/t16-,19+/m1/s1. The first kappa shape index (κ1) is 22.9. The summed E-state index contributed by atoms with van der Waals surface area (Å²) in [6, 6.07) is 8.12. The quantitative estimate of drug-likeness (QED) is 0.402. The molecule has 1 saturated heterocycles. The lowest BCUT2D eigenvalue weighted by Gasteiger charge is -2.33. The second-order valence-corrected chi connectivity index (χ2v) is 9.01. The van der Waals surface area contributed by atoms with E-state index in [0.29, 0.717) is 40.3 Å². The van der Waals surface area contributed by atoms with Crippen LogP contribution < -0.4 is 10.6 Å². The van der Waals surface area contributed by atoms with Crippen LogP contribution >= 0.6 is 0 Å². The monoisotopic (exact) mass is 503 g/mol. The lowest BCUT2D eigenvalue weighted by molar-refractivity contribution is 0.244. The third kappa shape index (κ3) is 3.66. The molecule has 0 amide bonds. The highest BCUT2D eigenvalue weighted by Gasteiger charge is 2.30. The average molecular weight is 503 g/mol. The van der Waals surface area contributed by atoms with E-state index in [4.69, 9.17) is 16.0 Å². The van der Waals surface area contributed by atoms with Gasteiger partial charge in [0.15, 0.2) is 11.5 Å². The maximum atomic E-state index is 15.6. The van der Waals surface area contributed by atoms with Gasteiger partial charge in [-0.1, -0.05) is 11.3 Å². The number of nitriles is 1. The second kappa shape index (κ2) is 8.56. The summed E-state index contributed by atoms with van der Waals surface area (Å²) in [6.07, 6.45) is 2.30. The molecule has 0 aliphatic carbocycles. The molecule has 6 rings (SSSR count). The SMILES string of the molecule is Cn1nnc2cc(-c3c(-c4ccc(C#N)c(F)c4)nc4c(N5CC[C@@H](F)[C@@H](N)C5)nccn34)c(F)cc21. The molecule has 4 heterocycles. The van der Waals surface area contributed by atoms with Gasteiger partial charge in [0.2, 0.25) is 0 Å². The molecule has 3 aromatic heterocycles. The predicted molar refractivity (Wildman–Crippen MR) is 130 cm³/mol. The summed E-state index contributed by atoms with van der Waals surface area (Å²) < 4.78 is 47.4. The summed E-state index contributed by atoms with van der Waals surface area (Å²) in [7, 11) is 1.66. The average Bonchev–Trinajstić information content (AvgIpc) is 3.45. The molecule has 5 aromatic rings. The van der Waals surface area contributed by atoms with Crippen LogP contribution in [0, 0.1) is 23.0 Å². The van der Waals surface area contributed by atoms with Crippen LogP contribution in [0.25, 0.3) is 39.2 Å². The third-order valence-electron chi connectivity index (χ3n) is 6.71. The fourth-order valence-electron chi connectivity index (χ4n) is 4.78. The Morgan fingerprint density at radius 1 is 1.16 bits per heavy atom. The molecule has 12 heteroatoms. The van der Waals surface area contributed by atoms with Crippen LogP contribution in [-0.4, -0.2) is 54.7 Å². The molecule has 0 unspecified atom stereocenters. The highest BCUT2D eigenvalue weighted by molar-refractivity contribution is 5.89. The minimum absolute atomic E-state index is 0.119. The largest absolute Gasteiger partial charge is 0.352 e. The number of hydrogen-bond acceptors (Lipinski definition) is 7. The molecule has 9 nitrogen and oxygen atoms in total. The Morgan fingerprint density at radius 3 is 2.76 bits per heavy atom. The van der Waals surface area contributed by atoms with Crippen LogP contribution in [0.3, 0.4) is 0 Å². The van der Waals surface area contributed by atoms with Crippen molar-refractivity contribution in [3.63, 3.8) is 0 Å². The maximum absolute atomic E-state index is 15.6. The Morgan fingerprint density at radius 2 is 2.00 bits per heavy atom. The van der Waals surface area contributed by atoms with Crippen molar-refractivity contribution in [1.82, 2.24) is 29.4 Å². The number of rotatable bonds is 3. The van der Waals surface area contributed by atoms with Gasteiger partial charge >= 0.3 is 0 Å². The summed E-state index contributed by atoms with van der Waals surface area (Å²) in [6.45, 7) is 0.612. The number of imidazole rings is 1. The number of aromatic nitrogens is 6. The van der Waals surface area contributed by atoms with E-state index in [-0.39, 0.29) is 29.8 Å². The first-order chi connectivity index (χ1) is 17.9. The van der Waals surface area contributed by atoms with Gasteiger partial charge in [-0.2, -0.15) is 5.26 Å². The molecule has 0 bridgehead atoms. The molecule has 1 fully saturated rings. The fraction of sp³-hybridized carbons (Fsp3) is 0.240. The number of aryl methyl sites for hydroxylation is 1. The molecule has 2 atom stereocenters. The summed E-state index contributed by atoms with van der Waals surface area (Å²) in [5, 5.41) is 17.2. The molecule has 2 N–H and O–H groups in total. The van der Waals surface area contributed by atoms with Crippen LogP contribution in [0.4, 0.5) is 19.0 Å². The highest BCUT2D eigenvalue weighted by Crippen LogP contribution is 2.38. The highest BCUT2D eigenvalue weighted by atomic mass is 19.1. The van der Waals surface area contributed by atoms with E-state index < -0.39 is 23.8 Å². The molecule has 186 valence electrons. The van der Waals surface area contributed by atoms with Gasteiger partial charge in [0.1, 0.15) is 29.4 Å². The van der Waals surface area contributed by atoms with Crippen LogP contribution in [0.15, 0.2) is 42.7 Å². The second-order valence-electron chi connectivity index (χ2n) is 9.01. The van der Waals surface area contributed by atoms with Crippen molar-refractivity contribution in [3.8, 4) is 28.6 Å². The molecule has 0 spiro atoms. The zero-order valence-corrected chi connectivity index (χ0v) is 19.6. The third-order valence-corrected chi connectivity index (χ3v) is 6.71. The molecule has 1 aliphatic rings. The molecule has 37 heavy (non-hydrogen) atoms. The summed E-state index contributed by atoms with van der Waals surface area (Å²) in [4.78, 5) is 11.1. The lowest BCUT2D eigenvalue weighted by atomic mass is 10.0. The Balaban J connectivity index is 1.62. The summed E-state index contributed by atoms with van der Waals surface area (Å²) in [5.41, 5.74) is 8.36. The van der Waals surface area contributed by atoms with Gasteiger partial charge in [-0.25, -0.2) is 27.8 Å². The fourth-order valence-corrected chi connectivity index (χ4v) is 4.78. The minimum atomic E-state index is -1.11. The topological polar surface area (TPSA) is 114 Å². The van der Waals surface area contributed by atoms with Gasteiger partial charge < -0.3 is 10.6 Å². The van der Waals surface area contributed by atoms with Gasteiger partial charge in [-0.3, -0.25) is 4.40 Å². The number of alkyl halides is 1. The van der Waals surface area contributed by atoms with Crippen LogP contribution in [-0.2, 0) is 7.05 Å².